The van der Waals surface area contributed by atoms with E-state index in [0.29, 0.717) is 0 Å². The maximum absolute atomic E-state index is 4.52. The van der Waals surface area contributed by atoms with E-state index in [9.17, 15) is 0 Å². The molecule has 0 radical (unpaired) electrons. The molecule has 5 nitrogen and oxygen atoms in total. The lowest BCUT2D eigenvalue weighted by Crippen LogP contribution is -2.01. The van der Waals surface area contributed by atoms with E-state index in [1.807, 2.05) is 50.2 Å². The Bertz CT molecular complexity index is 1090. The van der Waals surface area contributed by atoms with Crippen molar-refractivity contribution in [2.75, 3.05) is 5.32 Å². The molecule has 5 heteroatoms. The summed E-state index contributed by atoms with van der Waals surface area (Å²) in [5.74, 6) is 2.41. The van der Waals surface area contributed by atoms with Gasteiger partial charge in [0.1, 0.15) is 0 Å². The number of nitrogens with zero attached hydrogens (tertiary/aromatic N) is 4. The van der Waals surface area contributed by atoms with Crippen LogP contribution < -0.4 is 5.32 Å². The van der Waals surface area contributed by atoms with Crippen molar-refractivity contribution >= 4 is 11.5 Å². The van der Waals surface area contributed by atoms with Gasteiger partial charge >= 0.3 is 0 Å². The Kier molecular flexibility index (Phi) is 4.42. The number of hydrogen-bond acceptors (Lipinski definition) is 4. The molecule has 1 N–H and O–H groups in total. The molecule has 27 heavy (non-hydrogen) atoms. The van der Waals surface area contributed by atoms with Gasteiger partial charge in [0, 0.05) is 18.8 Å². The van der Waals surface area contributed by atoms with Gasteiger partial charge in [0.05, 0.1) is 11.4 Å². The summed E-state index contributed by atoms with van der Waals surface area (Å²) in [4.78, 5) is 4.52. The second kappa shape index (κ2) is 7.03. The first kappa shape index (κ1) is 17.0. The number of para-hydroxylation sites is 1. The highest BCUT2D eigenvalue weighted by Crippen LogP contribution is 2.38. The van der Waals surface area contributed by atoms with Crippen LogP contribution in [0.1, 0.15) is 20.8 Å². The second-order valence-corrected chi connectivity index (χ2v) is 6.09. The zero-order valence-corrected chi connectivity index (χ0v) is 15.6. The summed E-state index contributed by atoms with van der Waals surface area (Å²) < 4.78 is 2.08. The molecule has 1 aliphatic heterocycles. The third kappa shape index (κ3) is 2.87. The van der Waals surface area contributed by atoms with Crippen molar-refractivity contribution in [3.05, 3.63) is 72.4 Å². The van der Waals surface area contributed by atoms with Gasteiger partial charge in [-0.3, -0.25) is 4.57 Å². The summed E-state index contributed by atoms with van der Waals surface area (Å²) in [5, 5.41) is 12.4. The summed E-state index contributed by atoms with van der Waals surface area (Å²) in [7, 11) is 0. The SMILES string of the molecule is CC.Cc1ccc(-c2nnc3n2-c2cccnc2Nc2ccccc2-3)cc1.[HH]. The first-order valence-corrected chi connectivity index (χ1v) is 9.15. The lowest BCUT2D eigenvalue weighted by molar-refractivity contribution is 1.06. The predicted molar refractivity (Wildman–Crippen MR) is 112 cm³/mol. The van der Waals surface area contributed by atoms with Gasteiger partial charge in [-0.15, -0.1) is 10.2 Å². The highest BCUT2D eigenvalue weighted by molar-refractivity contribution is 5.84. The van der Waals surface area contributed by atoms with Crippen LogP contribution >= 0.6 is 0 Å². The highest BCUT2D eigenvalue weighted by atomic mass is 15.3. The van der Waals surface area contributed by atoms with Crippen molar-refractivity contribution < 1.29 is 1.43 Å². The normalized spacial score (nSPS) is 11.1. The molecule has 2 aromatic heterocycles. The standard InChI is InChI=1S/C20H15N5.C2H6.H2/c1-13-8-10-14(11-9-13)19-23-24-20-15-5-2-3-6-16(15)22-18-17(25(19)20)7-4-12-21-18;1-2;/h2-12H,1H3,(H,21,22);1-2H3;1H. The summed E-state index contributed by atoms with van der Waals surface area (Å²) in [6, 6.07) is 20.4. The Balaban J connectivity index is 0.000000728. The fourth-order valence-corrected chi connectivity index (χ4v) is 3.16. The molecule has 0 bridgehead atoms. The van der Waals surface area contributed by atoms with E-state index in [2.05, 4.69) is 56.3 Å². The molecule has 0 fully saturated rings. The molecule has 2 aromatic carbocycles. The maximum atomic E-state index is 4.52. The van der Waals surface area contributed by atoms with Crippen LogP contribution in [0.15, 0.2) is 66.9 Å². The largest absolute Gasteiger partial charge is 0.338 e. The maximum Gasteiger partial charge on any atom is 0.171 e. The van der Waals surface area contributed by atoms with Crippen LogP contribution in [0, 0.1) is 6.92 Å². The summed E-state index contributed by atoms with van der Waals surface area (Å²) in [6.45, 7) is 6.08. The zero-order valence-electron chi connectivity index (χ0n) is 15.6. The van der Waals surface area contributed by atoms with Crippen molar-refractivity contribution in [1.29, 1.82) is 0 Å². The molecule has 0 unspecified atom stereocenters. The van der Waals surface area contributed by atoms with Gasteiger partial charge < -0.3 is 5.32 Å². The third-order valence-electron chi connectivity index (χ3n) is 4.42. The van der Waals surface area contributed by atoms with Crippen LogP contribution in [0.4, 0.5) is 11.5 Å². The third-order valence-corrected chi connectivity index (χ3v) is 4.42. The Morgan fingerprint density at radius 2 is 1.59 bits per heavy atom. The Labute approximate surface area is 160 Å². The molecule has 0 saturated carbocycles. The van der Waals surface area contributed by atoms with E-state index >= 15 is 0 Å². The Hall–Kier alpha value is -3.47. The monoisotopic (exact) mass is 357 g/mol. The van der Waals surface area contributed by atoms with Crippen LogP contribution in [-0.4, -0.2) is 19.7 Å². The molecular weight excluding hydrogens is 334 g/mol. The number of hydrogen-bond donors (Lipinski definition) is 1. The molecule has 4 aromatic rings. The van der Waals surface area contributed by atoms with E-state index in [4.69, 9.17) is 0 Å². The number of anilines is 2. The van der Waals surface area contributed by atoms with Crippen LogP contribution in [-0.2, 0) is 0 Å². The number of nitrogens with one attached hydrogen (secondary N) is 1. The minimum Gasteiger partial charge on any atom is -0.338 e. The molecular formula is C22H23N5. The van der Waals surface area contributed by atoms with E-state index < -0.39 is 0 Å². The highest BCUT2D eigenvalue weighted by Gasteiger charge is 2.24. The van der Waals surface area contributed by atoms with Crippen molar-refractivity contribution in [3.63, 3.8) is 0 Å². The van der Waals surface area contributed by atoms with Crippen molar-refractivity contribution in [2.24, 2.45) is 0 Å². The second-order valence-electron chi connectivity index (χ2n) is 6.09. The minimum absolute atomic E-state index is 0. The van der Waals surface area contributed by atoms with Crippen LogP contribution in [0.5, 0.6) is 0 Å². The van der Waals surface area contributed by atoms with E-state index in [0.717, 1.165) is 40.0 Å². The van der Waals surface area contributed by atoms with Gasteiger partial charge in [0.25, 0.3) is 0 Å². The molecule has 0 atom stereocenters. The van der Waals surface area contributed by atoms with Crippen LogP contribution in [0.25, 0.3) is 28.5 Å². The van der Waals surface area contributed by atoms with Gasteiger partial charge in [0.15, 0.2) is 17.5 Å². The van der Waals surface area contributed by atoms with Gasteiger partial charge in [0.2, 0.25) is 0 Å². The fraction of sp³-hybridized carbons (Fsp3) is 0.136. The molecule has 1 aliphatic rings. The molecule has 5 rings (SSSR count). The van der Waals surface area contributed by atoms with Crippen LogP contribution in [0.2, 0.25) is 0 Å². The predicted octanol–water partition coefficient (Wildman–Crippen LogP) is 5.63. The quantitative estimate of drug-likeness (QED) is 0.422. The fourth-order valence-electron chi connectivity index (χ4n) is 3.16. The number of fused-ring (bicyclic) bond motifs is 5. The van der Waals surface area contributed by atoms with E-state index in [1.165, 1.54) is 5.56 Å². The average molecular weight is 357 g/mol. The molecule has 0 amide bonds. The van der Waals surface area contributed by atoms with Crippen LogP contribution in [0.3, 0.4) is 0 Å². The number of rotatable bonds is 1. The lowest BCUT2D eigenvalue weighted by atomic mass is 10.1. The number of aromatic nitrogens is 4. The number of benzene rings is 2. The van der Waals surface area contributed by atoms with E-state index in [-0.39, 0.29) is 1.43 Å². The topological polar surface area (TPSA) is 55.6 Å². The van der Waals surface area contributed by atoms with Crippen molar-refractivity contribution in [1.82, 2.24) is 19.7 Å². The van der Waals surface area contributed by atoms with Gasteiger partial charge in [-0.2, -0.15) is 0 Å². The summed E-state index contributed by atoms with van der Waals surface area (Å²) in [6.07, 6.45) is 1.79. The molecule has 136 valence electrons. The smallest absolute Gasteiger partial charge is 0.171 e. The molecule has 0 aliphatic carbocycles. The van der Waals surface area contributed by atoms with E-state index in [1.54, 1.807) is 6.20 Å². The number of pyridine rings is 1. The average Bonchev–Trinajstić information content (AvgIpc) is 3.10. The summed E-state index contributed by atoms with van der Waals surface area (Å²) >= 11 is 0. The summed E-state index contributed by atoms with van der Waals surface area (Å²) in [5.41, 5.74) is 5.16. The minimum atomic E-state index is 0. The van der Waals surface area contributed by atoms with Crippen molar-refractivity contribution in [3.8, 4) is 28.5 Å². The number of aryl methyl sites for hydroxylation is 1. The Morgan fingerprint density at radius 3 is 2.41 bits per heavy atom. The molecule has 3 heterocycles. The van der Waals surface area contributed by atoms with Gasteiger partial charge in [-0.25, -0.2) is 4.98 Å². The van der Waals surface area contributed by atoms with Crippen molar-refractivity contribution in [2.45, 2.75) is 20.8 Å². The Morgan fingerprint density at radius 1 is 0.852 bits per heavy atom. The first-order chi connectivity index (χ1) is 13.3. The molecule has 0 spiro atoms. The molecule has 0 saturated heterocycles. The lowest BCUT2D eigenvalue weighted by Gasteiger charge is -2.11. The zero-order chi connectivity index (χ0) is 18.8. The van der Waals surface area contributed by atoms with Gasteiger partial charge in [-0.1, -0.05) is 55.8 Å². The first-order valence-electron chi connectivity index (χ1n) is 9.15. The van der Waals surface area contributed by atoms with Gasteiger partial charge in [-0.05, 0) is 31.2 Å².